The molecule has 1 fully saturated rings. The van der Waals surface area contributed by atoms with E-state index in [0.29, 0.717) is 17.8 Å². The summed E-state index contributed by atoms with van der Waals surface area (Å²) in [5.41, 5.74) is 8.18. The van der Waals surface area contributed by atoms with Gasteiger partial charge in [0, 0.05) is 36.1 Å². The average molecular weight is 568 g/mol. The number of primary amides is 1. The van der Waals surface area contributed by atoms with Crippen LogP contribution in [0, 0.1) is 17.0 Å². The number of nitrogens with zero attached hydrogens (tertiary/aromatic N) is 3. The van der Waals surface area contributed by atoms with Gasteiger partial charge in [0.2, 0.25) is 11.8 Å². The minimum absolute atomic E-state index is 0.0783. The third kappa shape index (κ3) is 4.86. The van der Waals surface area contributed by atoms with Crippen LogP contribution in [0.25, 0.3) is 16.6 Å². The zero-order valence-electron chi connectivity index (χ0n) is 22.7. The highest BCUT2D eigenvalue weighted by Crippen LogP contribution is 2.49. The minimum atomic E-state index is -1.38. The first-order chi connectivity index (χ1) is 20.3. The van der Waals surface area contributed by atoms with E-state index >= 15 is 4.39 Å². The number of carbonyl (C=O) groups is 2. The van der Waals surface area contributed by atoms with Crippen LogP contribution < -0.4 is 20.7 Å². The van der Waals surface area contributed by atoms with Crippen molar-refractivity contribution in [3.05, 3.63) is 108 Å². The van der Waals surface area contributed by atoms with E-state index in [4.69, 9.17) is 10.5 Å². The zero-order valence-corrected chi connectivity index (χ0v) is 22.7. The number of hydrogen-bond donors (Lipinski definition) is 2. The number of aromatic nitrogens is 2. The van der Waals surface area contributed by atoms with Crippen molar-refractivity contribution in [3.63, 3.8) is 0 Å². The largest absolute Gasteiger partial charge is 0.452 e. The fraction of sp³-hybridized carbons (Fsp3) is 0.156. The standard InChI is InChI=1S/C32H27F2N5O3/c1-36-19-20-3-2-4-21(17-20)25-12-16-38-29(25)28(11-15-37-38)42-27-10-9-24(18-26(27)34)39(23-7-5-22(33)6-8-23)31(41)32(13-14-32)30(35)40/h2-12,15-18,36H,13-14,19H2,1H3,(H2,35,40). The molecular formula is C32H27F2N5O3. The van der Waals surface area contributed by atoms with Gasteiger partial charge in [0.25, 0.3) is 0 Å². The van der Waals surface area contributed by atoms with Gasteiger partial charge < -0.3 is 15.8 Å². The molecule has 1 saturated carbocycles. The molecule has 1 aliphatic rings. The molecule has 1 aliphatic carbocycles. The van der Waals surface area contributed by atoms with Gasteiger partial charge in [0.05, 0.1) is 11.9 Å². The van der Waals surface area contributed by atoms with E-state index in [1.807, 2.05) is 31.3 Å². The van der Waals surface area contributed by atoms with Crippen LogP contribution in [0.4, 0.5) is 20.2 Å². The maximum atomic E-state index is 15.7. The second kappa shape index (κ2) is 10.7. The van der Waals surface area contributed by atoms with Crippen LogP contribution in [-0.4, -0.2) is 28.5 Å². The Morgan fingerprint density at radius 2 is 1.76 bits per heavy atom. The summed E-state index contributed by atoms with van der Waals surface area (Å²) in [5.74, 6) is -2.28. The molecule has 2 heterocycles. The monoisotopic (exact) mass is 567 g/mol. The van der Waals surface area contributed by atoms with Crippen molar-refractivity contribution in [1.29, 1.82) is 0 Å². The molecule has 0 radical (unpaired) electrons. The van der Waals surface area contributed by atoms with Gasteiger partial charge in [-0.1, -0.05) is 18.2 Å². The van der Waals surface area contributed by atoms with Crippen LogP contribution in [0.1, 0.15) is 18.4 Å². The van der Waals surface area contributed by atoms with E-state index in [1.54, 1.807) is 23.0 Å². The Bertz CT molecular complexity index is 1820. The van der Waals surface area contributed by atoms with Gasteiger partial charge in [-0.25, -0.2) is 13.3 Å². The molecule has 212 valence electrons. The van der Waals surface area contributed by atoms with Crippen molar-refractivity contribution in [3.8, 4) is 22.6 Å². The van der Waals surface area contributed by atoms with Crippen LogP contribution in [0.2, 0.25) is 0 Å². The highest BCUT2D eigenvalue weighted by atomic mass is 19.1. The third-order valence-electron chi connectivity index (χ3n) is 7.45. The second-order valence-corrected chi connectivity index (χ2v) is 10.2. The topological polar surface area (TPSA) is 102 Å². The number of hydrogen-bond acceptors (Lipinski definition) is 5. The number of anilines is 2. The highest BCUT2D eigenvalue weighted by Gasteiger charge is 2.57. The summed E-state index contributed by atoms with van der Waals surface area (Å²) in [5, 5.41) is 7.52. The first kappa shape index (κ1) is 27.1. The van der Waals surface area contributed by atoms with Gasteiger partial charge in [-0.2, -0.15) is 5.10 Å². The summed E-state index contributed by atoms with van der Waals surface area (Å²) in [6.45, 7) is 0.705. The maximum Gasteiger partial charge on any atom is 0.247 e. The number of halogens is 2. The molecule has 0 bridgehead atoms. The number of amides is 2. The molecule has 0 aliphatic heterocycles. The number of benzene rings is 3. The first-order valence-corrected chi connectivity index (χ1v) is 13.4. The van der Waals surface area contributed by atoms with Crippen molar-refractivity contribution in [2.24, 2.45) is 11.1 Å². The molecule has 3 aromatic carbocycles. The summed E-state index contributed by atoms with van der Waals surface area (Å²) in [4.78, 5) is 26.9. The smallest absolute Gasteiger partial charge is 0.247 e. The minimum Gasteiger partial charge on any atom is -0.452 e. The summed E-state index contributed by atoms with van der Waals surface area (Å²) in [6, 6.07) is 20.8. The molecular weight excluding hydrogens is 540 g/mol. The van der Waals surface area contributed by atoms with Crippen molar-refractivity contribution in [2.75, 3.05) is 11.9 Å². The van der Waals surface area contributed by atoms with Gasteiger partial charge in [0.15, 0.2) is 17.3 Å². The number of ether oxygens (including phenoxy) is 1. The van der Waals surface area contributed by atoms with E-state index in [0.717, 1.165) is 22.8 Å². The fourth-order valence-corrected chi connectivity index (χ4v) is 5.09. The third-order valence-corrected chi connectivity index (χ3v) is 7.45. The van der Waals surface area contributed by atoms with Crippen LogP contribution in [0.5, 0.6) is 11.5 Å². The Hall–Kier alpha value is -5.09. The van der Waals surface area contributed by atoms with Crippen molar-refractivity contribution < 1.29 is 23.1 Å². The predicted octanol–water partition coefficient (Wildman–Crippen LogP) is 5.72. The van der Waals surface area contributed by atoms with Crippen molar-refractivity contribution >= 4 is 28.7 Å². The quantitative estimate of drug-likeness (QED) is 0.222. The number of carbonyl (C=O) groups excluding carboxylic acids is 2. The SMILES string of the molecule is CNCc1cccc(-c2ccn3nccc(Oc4ccc(N(C(=O)C5(C(N)=O)CC5)c5ccc(F)cc5)cc4F)c23)c1. The lowest BCUT2D eigenvalue weighted by Gasteiger charge is -2.26. The average Bonchev–Trinajstić information content (AvgIpc) is 3.69. The lowest BCUT2D eigenvalue weighted by Crippen LogP contribution is -2.41. The molecule has 42 heavy (non-hydrogen) atoms. The molecule has 0 unspecified atom stereocenters. The Labute approximate surface area is 240 Å². The molecule has 5 aromatic rings. The maximum absolute atomic E-state index is 15.7. The van der Waals surface area contributed by atoms with E-state index < -0.39 is 28.9 Å². The normalized spacial score (nSPS) is 13.6. The van der Waals surface area contributed by atoms with Gasteiger partial charge in [0.1, 0.15) is 16.7 Å². The van der Waals surface area contributed by atoms with Crippen LogP contribution in [0.3, 0.4) is 0 Å². The number of rotatable bonds is 9. The Kier molecular flexibility index (Phi) is 6.91. The lowest BCUT2D eigenvalue weighted by atomic mass is 10.0. The number of nitrogens with one attached hydrogen (secondary N) is 1. The molecule has 6 rings (SSSR count). The summed E-state index contributed by atoms with van der Waals surface area (Å²) >= 11 is 0. The van der Waals surface area contributed by atoms with Gasteiger partial charge >= 0.3 is 0 Å². The van der Waals surface area contributed by atoms with Crippen LogP contribution >= 0.6 is 0 Å². The van der Waals surface area contributed by atoms with Gasteiger partial charge in [-0.05, 0) is 79.5 Å². The van der Waals surface area contributed by atoms with Crippen LogP contribution in [-0.2, 0) is 16.1 Å². The molecule has 2 aromatic heterocycles. The summed E-state index contributed by atoms with van der Waals surface area (Å²) in [6.07, 6.45) is 3.94. The van der Waals surface area contributed by atoms with E-state index in [-0.39, 0.29) is 30.0 Å². The lowest BCUT2D eigenvalue weighted by molar-refractivity contribution is -0.133. The van der Waals surface area contributed by atoms with E-state index in [1.165, 1.54) is 41.3 Å². The van der Waals surface area contributed by atoms with E-state index in [9.17, 15) is 14.0 Å². The number of nitrogens with two attached hydrogens (primary N) is 1. The molecule has 2 amide bonds. The first-order valence-electron chi connectivity index (χ1n) is 13.4. The molecule has 10 heteroatoms. The molecule has 0 atom stereocenters. The molecule has 0 spiro atoms. The summed E-state index contributed by atoms with van der Waals surface area (Å²) < 4.78 is 37.1. The fourth-order valence-electron chi connectivity index (χ4n) is 5.09. The molecule has 3 N–H and O–H groups in total. The van der Waals surface area contributed by atoms with Gasteiger partial charge in [-0.15, -0.1) is 0 Å². The Morgan fingerprint density at radius 3 is 2.45 bits per heavy atom. The van der Waals surface area contributed by atoms with Gasteiger partial charge in [-0.3, -0.25) is 14.5 Å². The van der Waals surface area contributed by atoms with E-state index in [2.05, 4.69) is 16.5 Å². The van der Waals surface area contributed by atoms with Crippen LogP contribution in [0.15, 0.2) is 91.3 Å². The Morgan fingerprint density at radius 1 is 1.00 bits per heavy atom. The van der Waals surface area contributed by atoms with Crippen molar-refractivity contribution in [1.82, 2.24) is 14.9 Å². The number of fused-ring (bicyclic) bond motifs is 1. The Balaban J connectivity index is 1.37. The zero-order chi connectivity index (χ0) is 29.4. The summed E-state index contributed by atoms with van der Waals surface area (Å²) in [7, 11) is 1.88. The van der Waals surface area contributed by atoms with Crippen molar-refractivity contribution in [2.45, 2.75) is 19.4 Å². The molecule has 8 nitrogen and oxygen atoms in total. The second-order valence-electron chi connectivity index (χ2n) is 10.2. The molecule has 0 saturated heterocycles. The predicted molar refractivity (Wildman–Crippen MR) is 154 cm³/mol. The highest BCUT2D eigenvalue weighted by molar-refractivity contribution is 6.16.